The first-order valence-corrected chi connectivity index (χ1v) is 3.27. The van der Waals surface area contributed by atoms with Crippen molar-refractivity contribution < 1.29 is 14.6 Å². The van der Waals surface area contributed by atoms with Crippen molar-refractivity contribution in [2.75, 3.05) is 13.2 Å². The predicted molar refractivity (Wildman–Crippen MR) is 29.9 cm³/mol. The van der Waals surface area contributed by atoms with Crippen LogP contribution in [0.3, 0.4) is 0 Å². The van der Waals surface area contributed by atoms with Crippen molar-refractivity contribution in [1.29, 1.82) is 0 Å². The van der Waals surface area contributed by atoms with Crippen LogP contribution in [-0.2, 0) is 9.47 Å². The van der Waals surface area contributed by atoms with Crippen LogP contribution in [-0.4, -0.2) is 30.2 Å². The minimum absolute atomic E-state index is 0.322. The van der Waals surface area contributed by atoms with Crippen LogP contribution in [0.1, 0.15) is 12.8 Å². The summed E-state index contributed by atoms with van der Waals surface area (Å²) in [5.41, 5.74) is -0.639. The van der Waals surface area contributed by atoms with E-state index in [4.69, 9.17) is 9.47 Å². The van der Waals surface area contributed by atoms with Gasteiger partial charge in [0.15, 0.2) is 6.29 Å². The van der Waals surface area contributed by atoms with Gasteiger partial charge in [-0.3, -0.25) is 0 Å². The summed E-state index contributed by atoms with van der Waals surface area (Å²) in [4.78, 5) is 0. The number of aliphatic hydroxyl groups is 1. The molecule has 3 nitrogen and oxygen atoms in total. The fraction of sp³-hybridized carbons (Fsp3) is 1.00. The van der Waals surface area contributed by atoms with Crippen LogP contribution < -0.4 is 0 Å². The highest BCUT2D eigenvalue weighted by molar-refractivity contribution is 4.90. The fourth-order valence-corrected chi connectivity index (χ4v) is 1.40. The molecule has 0 aromatic heterocycles. The first kappa shape index (κ1) is 5.65. The van der Waals surface area contributed by atoms with Gasteiger partial charge in [0.2, 0.25) is 0 Å². The largest absolute Gasteiger partial charge is 0.384 e. The van der Waals surface area contributed by atoms with E-state index in [1.165, 1.54) is 0 Å². The molecule has 52 valence electrons. The molecule has 0 radical (unpaired) electrons. The second kappa shape index (κ2) is 1.68. The molecule has 1 N–H and O–H groups in total. The predicted octanol–water partition coefficient (Wildman–Crippen LogP) is -0.116. The molecule has 2 rings (SSSR count). The molecule has 0 bridgehead atoms. The Kier molecular flexibility index (Phi) is 1.06. The maximum Gasteiger partial charge on any atom is 0.186 e. The van der Waals surface area contributed by atoms with Crippen molar-refractivity contribution in [1.82, 2.24) is 0 Å². The highest BCUT2D eigenvalue weighted by atomic mass is 16.7. The van der Waals surface area contributed by atoms with Crippen LogP contribution in [0.25, 0.3) is 0 Å². The van der Waals surface area contributed by atoms with Crippen molar-refractivity contribution in [2.24, 2.45) is 0 Å². The van der Waals surface area contributed by atoms with Gasteiger partial charge in [0.05, 0.1) is 13.2 Å². The quantitative estimate of drug-likeness (QED) is 0.497. The van der Waals surface area contributed by atoms with Gasteiger partial charge in [-0.1, -0.05) is 0 Å². The first-order chi connectivity index (χ1) is 4.31. The lowest BCUT2D eigenvalue weighted by molar-refractivity contribution is -0.137. The average Bonchev–Trinajstić information content (AvgIpc) is 2.22. The van der Waals surface area contributed by atoms with E-state index in [0.717, 1.165) is 12.8 Å². The average molecular weight is 130 g/mol. The summed E-state index contributed by atoms with van der Waals surface area (Å²) in [6, 6.07) is 0. The molecule has 2 fully saturated rings. The lowest BCUT2D eigenvalue weighted by Crippen LogP contribution is -2.32. The Morgan fingerprint density at radius 1 is 1.22 bits per heavy atom. The smallest absolute Gasteiger partial charge is 0.186 e. The fourth-order valence-electron chi connectivity index (χ4n) is 1.40. The molecule has 0 spiro atoms. The van der Waals surface area contributed by atoms with Crippen molar-refractivity contribution in [3.05, 3.63) is 0 Å². The van der Waals surface area contributed by atoms with Gasteiger partial charge in [-0.25, -0.2) is 0 Å². The number of fused-ring (bicyclic) bond motifs is 1. The minimum Gasteiger partial charge on any atom is -0.384 e. The van der Waals surface area contributed by atoms with Gasteiger partial charge < -0.3 is 14.6 Å². The van der Waals surface area contributed by atoms with Crippen molar-refractivity contribution in [3.8, 4) is 0 Å². The van der Waals surface area contributed by atoms with Crippen molar-refractivity contribution in [2.45, 2.75) is 24.7 Å². The van der Waals surface area contributed by atoms with Gasteiger partial charge in [-0.05, 0) is 0 Å². The third-order valence-electron chi connectivity index (χ3n) is 2.05. The summed E-state index contributed by atoms with van der Waals surface area (Å²) in [6.45, 7) is 1.28. The highest BCUT2D eigenvalue weighted by Gasteiger charge is 2.47. The van der Waals surface area contributed by atoms with E-state index in [1.54, 1.807) is 0 Å². The topological polar surface area (TPSA) is 38.7 Å². The maximum absolute atomic E-state index is 9.58. The van der Waals surface area contributed by atoms with Crippen LogP contribution in [0.2, 0.25) is 0 Å². The number of hydrogen-bond donors (Lipinski definition) is 1. The van der Waals surface area contributed by atoms with Crippen LogP contribution in [0.5, 0.6) is 0 Å². The van der Waals surface area contributed by atoms with Gasteiger partial charge in [0.1, 0.15) is 5.60 Å². The van der Waals surface area contributed by atoms with Crippen LogP contribution in [0, 0.1) is 0 Å². The third kappa shape index (κ3) is 0.689. The molecule has 2 aliphatic heterocycles. The molecule has 0 aromatic rings. The van der Waals surface area contributed by atoms with Crippen LogP contribution in [0.15, 0.2) is 0 Å². The van der Waals surface area contributed by atoms with Gasteiger partial charge >= 0.3 is 0 Å². The molecular formula is C6H10O3. The Balaban J connectivity index is 2.17. The van der Waals surface area contributed by atoms with E-state index in [2.05, 4.69) is 0 Å². The molecule has 9 heavy (non-hydrogen) atoms. The summed E-state index contributed by atoms with van der Waals surface area (Å²) in [5.74, 6) is 0. The molecule has 3 heteroatoms. The van der Waals surface area contributed by atoms with Gasteiger partial charge in [0.25, 0.3) is 0 Å². The molecule has 0 saturated carbocycles. The zero-order valence-electron chi connectivity index (χ0n) is 5.17. The zero-order chi connectivity index (χ0) is 6.32. The lowest BCUT2D eigenvalue weighted by atomic mass is 10.0. The molecule has 2 saturated heterocycles. The lowest BCUT2D eigenvalue weighted by Gasteiger charge is -2.16. The summed E-state index contributed by atoms with van der Waals surface area (Å²) >= 11 is 0. The van der Waals surface area contributed by atoms with E-state index in [1.807, 2.05) is 0 Å². The van der Waals surface area contributed by atoms with Gasteiger partial charge in [0, 0.05) is 12.8 Å². The Hall–Kier alpha value is -0.120. The SMILES string of the molecule is OC12CCOC1OCC2. The summed E-state index contributed by atoms with van der Waals surface area (Å²) in [7, 11) is 0. The Morgan fingerprint density at radius 3 is 2.22 bits per heavy atom. The van der Waals surface area contributed by atoms with E-state index in [9.17, 15) is 5.11 Å². The second-order valence-electron chi connectivity index (χ2n) is 2.68. The summed E-state index contributed by atoms with van der Waals surface area (Å²) in [6.07, 6.45) is 1.15. The van der Waals surface area contributed by atoms with Crippen molar-refractivity contribution >= 4 is 0 Å². The van der Waals surface area contributed by atoms with Gasteiger partial charge in [-0.15, -0.1) is 0 Å². The van der Waals surface area contributed by atoms with E-state index < -0.39 is 5.60 Å². The molecule has 2 heterocycles. The molecule has 0 aromatic carbocycles. The van der Waals surface area contributed by atoms with E-state index >= 15 is 0 Å². The van der Waals surface area contributed by atoms with Crippen LogP contribution >= 0.6 is 0 Å². The minimum atomic E-state index is -0.639. The Morgan fingerprint density at radius 2 is 1.78 bits per heavy atom. The molecule has 0 atom stereocenters. The van der Waals surface area contributed by atoms with Gasteiger partial charge in [-0.2, -0.15) is 0 Å². The maximum atomic E-state index is 9.58. The normalized spacial score (nSPS) is 49.7. The first-order valence-electron chi connectivity index (χ1n) is 3.27. The highest BCUT2D eigenvalue weighted by Crippen LogP contribution is 2.34. The monoisotopic (exact) mass is 130 g/mol. The third-order valence-corrected chi connectivity index (χ3v) is 2.05. The van der Waals surface area contributed by atoms with E-state index in [0.29, 0.717) is 13.2 Å². The molecule has 0 unspecified atom stereocenters. The standard InChI is InChI=1S/C6H10O3/c7-6-1-3-8-5(6)9-4-2-6/h5,7H,1-4H2. The number of hydrogen-bond acceptors (Lipinski definition) is 3. The van der Waals surface area contributed by atoms with Crippen LogP contribution in [0.4, 0.5) is 0 Å². The Labute approximate surface area is 53.6 Å². The Bertz CT molecular complexity index is 113. The second-order valence-corrected chi connectivity index (χ2v) is 2.68. The van der Waals surface area contributed by atoms with Crippen molar-refractivity contribution in [3.63, 3.8) is 0 Å². The summed E-state index contributed by atoms with van der Waals surface area (Å²) in [5, 5.41) is 9.58. The number of ether oxygens (including phenoxy) is 2. The van der Waals surface area contributed by atoms with E-state index in [-0.39, 0.29) is 6.29 Å². The molecular weight excluding hydrogens is 120 g/mol. The number of rotatable bonds is 0. The molecule has 2 aliphatic rings. The molecule has 0 amide bonds. The summed E-state index contributed by atoms with van der Waals surface area (Å²) < 4.78 is 10.2. The molecule has 0 aliphatic carbocycles. The zero-order valence-corrected chi connectivity index (χ0v) is 5.17.